The smallest absolute Gasteiger partial charge is 0.318 e. The molecule has 0 spiro atoms. The van der Waals surface area contributed by atoms with Crippen molar-refractivity contribution in [2.75, 3.05) is 6.54 Å². The molecule has 1 N–H and O–H groups in total. The van der Waals surface area contributed by atoms with E-state index in [2.05, 4.69) is 33.5 Å². The van der Waals surface area contributed by atoms with Crippen molar-refractivity contribution in [1.29, 1.82) is 0 Å². The fourth-order valence-electron chi connectivity index (χ4n) is 4.87. The number of nitrogens with one attached hydrogen (secondary N) is 1. The fraction of sp³-hybridized carbons (Fsp3) is 0.478. The number of nitrogens with zero attached hydrogens (tertiary/aromatic N) is 4. The van der Waals surface area contributed by atoms with E-state index in [1.807, 2.05) is 17.9 Å². The lowest BCUT2D eigenvalue weighted by molar-refractivity contribution is 0.187. The Morgan fingerprint density at radius 2 is 2.06 bits per heavy atom. The Kier molecular flexibility index (Phi) is 5.25. The molecular weight excluding hydrogens is 410 g/mol. The number of hydrogen-bond acceptors (Lipinski definition) is 5. The van der Waals surface area contributed by atoms with Crippen molar-refractivity contribution < 1.29 is 4.79 Å². The summed E-state index contributed by atoms with van der Waals surface area (Å²) in [4.78, 5) is 37.8. The zero-order valence-corrected chi connectivity index (χ0v) is 18.7. The van der Waals surface area contributed by atoms with E-state index in [9.17, 15) is 9.59 Å². The van der Waals surface area contributed by atoms with Gasteiger partial charge in [-0.2, -0.15) is 0 Å². The largest absolute Gasteiger partial charge is 0.331 e. The molecule has 3 heterocycles. The normalized spacial score (nSPS) is 20.8. The van der Waals surface area contributed by atoms with Crippen LogP contribution < -0.4 is 10.9 Å². The van der Waals surface area contributed by atoms with Crippen molar-refractivity contribution in [1.82, 2.24) is 24.8 Å². The van der Waals surface area contributed by atoms with Crippen LogP contribution in [0.4, 0.5) is 4.79 Å². The van der Waals surface area contributed by atoms with Gasteiger partial charge in [0.2, 0.25) is 0 Å². The number of hydrogen-bond donors (Lipinski definition) is 1. The fourth-order valence-corrected chi connectivity index (χ4v) is 5.97. The van der Waals surface area contributed by atoms with Crippen molar-refractivity contribution in [3.05, 3.63) is 56.6 Å². The summed E-state index contributed by atoms with van der Waals surface area (Å²) in [7, 11) is 1.74. The van der Waals surface area contributed by atoms with Gasteiger partial charge in [0.15, 0.2) is 10.3 Å². The lowest BCUT2D eigenvalue weighted by Crippen LogP contribution is -2.42. The Balaban J connectivity index is 1.41. The summed E-state index contributed by atoms with van der Waals surface area (Å²) in [5, 5.41) is 4.08. The Morgan fingerprint density at radius 3 is 2.90 bits per heavy atom. The predicted octanol–water partition coefficient (Wildman–Crippen LogP) is 3.88. The number of amides is 2. The van der Waals surface area contributed by atoms with E-state index in [-0.39, 0.29) is 23.7 Å². The highest BCUT2D eigenvalue weighted by molar-refractivity contribution is 7.18. The van der Waals surface area contributed by atoms with Gasteiger partial charge in [-0.15, -0.1) is 0 Å². The highest BCUT2D eigenvalue weighted by Crippen LogP contribution is 2.36. The molecule has 162 valence electrons. The Bertz CT molecular complexity index is 1200. The predicted molar refractivity (Wildman–Crippen MR) is 121 cm³/mol. The number of rotatable bonds is 3. The van der Waals surface area contributed by atoms with Gasteiger partial charge >= 0.3 is 6.03 Å². The molecule has 0 saturated carbocycles. The Labute approximate surface area is 185 Å². The molecule has 5 rings (SSSR count). The van der Waals surface area contributed by atoms with Crippen LogP contribution in [0.5, 0.6) is 0 Å². The first kappa shape index (κ1) is 20.2. The molecule has 1 saturated heterocycles. The van der Waals surface area contributed by atoms with Gasteiger partial charge in [-0.3, -0.25) is 9.36 Å². The van der Waals surface area contributed by atoms with Crippen LogP contribution in [-0.4, -0.2) is 32.0 Å². The molecule has 1 aliphatic carbocycles. The molecule has 1 unspecified atom stereocenters. The van der Waals surface area contributed by atoms with E-state index in [1.165, 1.54) is 22.5 Å². The Morgan fingerprint density at radius 1 is 1.23 bits per heavy atom. The minimum atomic E-state index is -0.114. The van der Waals surface area contributed by atoms with Crippen molar-refractivity contribution in [2.24, 2.45) is 7.05 Å². The molecule has 2 aliphatic rings. The van der Waals surface area contributed by atoms with Gasteiger partial charge in [0, 0.05) is 20.0 Å². The molecule has 8 heteroatoms. The standard InChI is InChI=1S/C23H27N5O2S/c1-3-18-25-21-19(22(29)27(18)2)26-20(31-21)17-12-7-13-28(17)23(30)24-16-11-6-9-14-8-4-5-10-15(14)16/h4-5,8,10,16-17H,3,6-7,9,11-13H2,1-2H3,(H,24,30)/t16-,17?/m1/s1. The number of fused-ring (bicyclic) bond motifs is 2. The van der Waals surface area contributed by atoms with E-state index < -0.39 is 0 Å². The summed E-state index contributed by atoms with van der Waals surface area (Å²) in [6.45, 7) is 2.69. The van der Waals surface area contributed by atoms with Gasteiger partial charge in [0.05, 0.1) is 12.1 Å². The zero-order valence-electron chi connectivity index (χ0n) is 17.9. The van der Waals surface area contributed by atoms with Crippen LogP contribution in [0, 0.1) is 0 Å². The summed E-state index contributed by atoms with van der Waals surface area (Å²) in [5.74, 6) is 0.754. The third-order valence-corrected chi connectivity index (χ3v) is 7.58. The number of aromatic nitrogens is 3. The van der Waals surface area contributed by atoms with E-state index in [1.54, 1.807) is 11.6 Å². The van der Waals surface area contributed by atoms with E-state index >= 15 is 0 Å². The van der Waals surface area contributed by atoms with Gasteiger partial charge in [0.1, 0.15) is 10.8 Å². The lowest BCUT2D eigenvalue weighted by Gasteiger charge is -2.30. The number of carbonyl (C=O) groups excluding carboxylic acids is 1. The number of carbonyl (C=O) groups is 1. The van der Waals surface area contributed by atoms with Crippen LogP contribution in [-0.2, 0) is 19.9 Å². The van der Waals surface area contributed by atoms with Crippen LogP contribution in [0.2, 0.25) is 0 Å². The van der Waals surface area contributed by atoms with Crippen LogP contribution in [0.15, 0.2) is 29.1 Å². The molecule has 1 aromatic carbocycles. The second kappa shape index (κ2) is 8.07. The maximum Gasteiger partial charge on any atom is 0.318 e. The number of likely N-dealkylation sites (tertiary alicyclic amines) is 1. The zero-order chi connectivity index (χ0) is 21.5. The molecular formula is C23H27N5O2S. The van der Waals surface area contributed by atoms with Crippen LogP contribution in [0.1, 0.15) is 66.6 Å². The van der Waals surface area contributed by atoms with E-state index in [0.29, 0.717) is 23.3 Å². The summed E-state index contributed by atoms with van der Waals surface area (Å²) in [5.41, 5.74) is 2.86. The average Bonchev–Trinajstić information content (AvgIpc) is 3.43. The molecule has 1 fully saturated rings. The molecule has 2 aromatic heterocycles. The number of aryl methyl sites for hydroxylation is 2. The first-order valence-electron chi connectivity index (χ1n) is 11.1. The first-order valence-corrected chi connectivity index (χ1v) is 11.9. The van der Waals surface area contributed by atoms with Crippen molar-refractivity contribution in [3.63, 3.8) is 0 Å². The van der Waals surface area contributed by atoms with Crippen molar-refractivity contribution in [3.8, 4) is 0 Å². The molecule has 7 nitrogen and oxygen atoms in total. The SMILES string of the molecule is CCc1nc2sc(C3CCCN3C(=O)N[C@@H]3CCCc4ccccc43)nc2c(=O)n1C. The molecule has 2 atom stereocenters. The van der Waals surface area contributed by atoms with E-state index in [0.717, 1.165) is 42.9 Å². The van der Waals surface area contributed by atoms with Crippen molar-refractivity contribution in [2.45, 2.75) is 57.5 Å². The summed E-state index contributed by atoms with van der Waals surface area (Å²) in [6, 6.07) is 8.30. The molecule has 0 bridgehead atoms. The topological polar surface area (TPSA) is 80.1 Å². The lowest BCUT2D eigenvalue weighted by atomic mass is 9.88. The van der Waals surface area contributed by atoms with Crippen LogP contribution in [0.3, 0.4) is 0 Å². The van der Waals surface area contributed by atoms with Crippen LogP contribution >= 0.6 is 11.3 Å². The minimum Gasteiger partial charge on any atom is -0.331 e. The van der Waals surface area contributed by atoms with Crippen molar-refractivity contribution >= 4 is 27.7 Å². The van der Waals surface area contributed by atoms with Gasteiger partial charge in [-0.05, 0) is 43.2 Å². The molecule has 31 heavy (non-hydrogen) atoms. The molecule has 0 radical (unpaired) electrons. The number of urea groups is 1. The quantitative estimate of drug-likeness (QED) is 0.674. The highest BCUT2D eigenvalue weighted by Gasteiger charge is 2.34. The molecule has 3 aromatic rings. The average molecular weight is 438 g/mol. The third kappa shape index (κ3) is 3.52. The summed E-state index contributed by atoms with van der Waals surface area (Å²) in [6.07, 6.45) is 5.59. The molecule has 2 amide bonds. The third-order valence-electron chi connectivity index (χ3n) is 6.53. The van der Waals surface area contributed by atoms with Gasteiger partial charge < -0.3 is 10.2 Å². The number of thiazole rings is 1. The van der Waals surface area contributed by atoms with Gasteiger partial charge in [-0.1, -0.05) is 42.5 Å². The molecule has 1 aliphatic heterocycles. The number of benzene rings is 1. The second-order valence-corrected chi connectivity index (χ2v) is 9.41. The highest BCUT2D eigenvalue weighted by atomic mass is 32.1. The second-order valence-electron chi connectivity index (χ2n) is 8.40. The monoisotopic (exact) mass is 437 g/mol. The first-order chi connectivity index (χ1) is 15.1. The van der Waals surface area contributed by atoms with Gasteiger partial charge in [-0.25, -0.2) is 14.8 Å². The minimum absolute atomic E-state index is 0.0430. The maximum atomic E-state index is 13.3. The van der Waals surface area contributed by atoms with Gasteiger partial charge in [0.25, 0.3) is 5.56 Å². The summed E-state index contributed by atoms with van der Waals surface area (Å²) < 4.78 is 1.57. The Hall–Kier alpha value is -2.74. The van der Waals surface area contributed by atoms with E-state index in [4.69, 9.17) is 0 Å². The van der Waals surface area contributed by atoms with Crippen LogP contribution in [0.25, 0.3) is 10.3 Å². The maximum absolute atomic E-state index is 13.3. The summed E-state index contributed by atoms with van der Waals surface area (Å²) >= 11 is 1.45.